The number of amidine groups is 1. The first kappa shape index (κ1) is 5.68. The molecule has 46 valence electrons. The van der Waals surface area contributed by atoms with Gasteiger partial charge in [0.05, 0.1) is 0 Å². The molecule has 1 rings (SSSR count). The van der Waals surface area contributed by atoms with Gasteiger partial charge in [0, 0.05) is 6.08 Å². The quantitative estimate of drug-likeness (QED) is 0.450. The molecule has 0 unspecified atom stereocenters. The van der Waals surface area contributed by atoms with E-state index in [0.717, 1.165) is 12.2 Å². The fourth-order valence-electron chi connectivity index (χ4n) is 0.443. The van der Waals surface area contributed by atoms with Crippen molar-refractivity contribution in [3.63, 3.8) is 0 Å². The number of rotatable bonds is 0. The number of carbonyl (C=O) groups is 2. The largest absolute Gasteiger partial charge is 0.380 e. The van der Waals surface area contributed by atoms with E-state index in [9.17, 15) is 9.59 Å². The number of nitrogens with two attached hydrogens (primary N) is 1. The van der Waals surface area contributed by atoms with Gasteiger partial charge in [-0.15, -0.1) is 0 Å². The summed E-state index contributed by atoms with van der Waals surface area (Å²) >= 11 is 0. The molecule has 1 heterocycles. The van der Waals surface area contributed by atoms with Crippen LogP contribution in [0.25, 0.3) is 0 Å². The average Bonchev–Trinajstić information content (AvgIpc) is 1.80. The molecule has 0 fully saturated rings. The van der Waals surface area contributed by atoms with E-state index in [1.165, 1.54) is 0 Å². The van der Waals surface area contributed by atoms with Crippen molar-refractivity contribution in [1.29, 1.82) is 0 Å². The highest BCUT2D eigenvalue weighted by molar-refractivity contribution is 6.46. The van der Waals surface area contributed by atoms with Gasteiger partial charge < -0.3 is 5.73 Å². The molecule has 0 aliphatic carbocycles. The Labute approximate surface area is 51.1 Å². The number of hydrogen-bond donors (Lipinski definition) is 1. The molecule has 9 heavy (non-hydrogen) atoms. The summed E-state index contributed by atoms with van der Waals surface area (Å²) in [6.45, 7) is 0. The maximum Gasteiger partial charge on any atom is 0.271 e. The van der Waals surface area contributed by atoms with Crippen LogP contribution < -0.4 is 5.73 Å². The Kier molecular flexibility index (Phi) is 1.14. The number of aliphatic imine (C=N–C) groups is 1. The van der Waals surface area contributed by atoms with Gasteiger partial charge in [0.15, 0.2) is 5.84 Å². The number of ketones is 1. The number of dihydropyridines is 1. The van der Waals surface area contributed by atoms with E-state index in [-0.39, 0.29) is 5.84 Å². The third kappa shape index (κ3) is 1.02. The first-order valence-corrected chi connectivity index (χ1v) is 2.30. The van der Waals surface area contributed by atoms with Crippen molar-refractivity contribution in [3.05, 3.63) is 12.2 Å². The smallest absolute Gasteiger partial charge is 0.271 e. The van der Waals surface area contributed by atoms with Crippen LogP contribution >= 0.6 is 0 Å². The van der Waals surface area contributed by atoms with Crippen LogP contribution in [-0.4, -0.2) is 17.5 Å². The highest BCUT2D eigenvalue weighted by Crippen LogP contribution is 1.89. The Morgan fingerprint density at radius 3 is 2.44 bits per heavy atom. The normalized spacial score (nSPS) is 18.0. The summed E-state index contributed by atoms with van der Waals surface area (Å²) in [6, 6.07) is 0. The van der Waals surface area contributed by atoms with Crippen LogP contribution in [0.2, 0.25) is 0 Å². The average molecular weight is 124 g/mol. The van der Waals surface area contributed by atoms with Gasteiger partial charge in [0.1, 0.15) is 0 Å². The summed E-state index contributed by atoms with van der Waals surface area (Å²) in [5.41, 5.74) is 5.00. The lowest BCUT2D eigenvalue weighted by Crippen LogP contribution is -2.25. The summed E-state index contributed by atoms with van der Waals surface area (Å²) in [6.07, 6.45) is 2.18. The predicted octanol–water partition coefficient (Wildman–Crippen LogP) is -0.991. The Hall–Kier alpha value is -1.45. The van der Waals surface area contributed by atoms with Crippen molar-refractivity contribution in [2.24, 2.45) is 10.7 Å². The van der Waals surface area contributed by atoms with E-state index in [0.29, 0.717) is 0 Å². The van der Waals surface area contributed by atoms with Crippen molar-refractivity contribution in [1.82, 2.24) is 0 Å². The highest BCUT2D eigenvalue weighted by Gasteiger charge is 2.09. The van der Waals surface area contributed by atoms with Gasteiger partial charge in [-0.1, -0.05) is 0 Å². The van der Waals surface area contributed by atoms with Gasteiger partial charge in [-0.3, -0.25) is 9.59 Å². The van der Waals surface area contributed by atoms with Crippen LogP contribution in [0.3, 0.4) is 0 Å². The Morgan fingerprint density at radius 1 is 1.33 bits per heavy atom. The highest BCUT2D eigenvalue weighted by atomic mass is 16.2. The van der Waals surface area contributed by atoms with Crippen molar-refractivity contribution < 1.29 is 9.59 Å². The second-order valence-corrected chi connectivity index (χ2v) is 1.53. The number of nitrogens with zero attached hydrogens (tertiary/aromatic N) is 1. The molecule has 0 aromatic carbocycles. The summed E-state index contributed by atoms with van der Waals surface area (Å²) in [7, 11) is 0. The molecule has 1 aliphatic rings. The number of hydrogen-bond acceptors (Lipinski definition) is 3. The molecule has 1 aliphatic heterocycles. The molecule has 4 heteroatoms. The number of carbonyl (C=O) groups excluding carboxylic acids is 2. The minimum atomic E-state index is -0.480. The first-order chi connectivity index (χ1) is 4.20. The second-order valence-electron chi connectivity index (χ2n) is 1.53. The molecule has 2 N–H and O–H groups in total. The zero-order valence-electron chi connectivity index (χ0n) is 4.50. The third-order valence-electron chi connectivity index (χ3n) is 0.860. The maximum absolute atomic E-state index is 10.4. The Morgan fingerprint density at radius 2 is 2.00 bits per heavy atom. The van der Waals surface area contributed by atoms with Gasteiger partial charge in [0.25, 0.3) is 5.91 Å². The lowest BCUT2D eigenvalue weighted by Gasteiger charge is -1.95. The molecule has 4 nitrogen and oxygen atoms in total. The summed E-state index contributed by atoms with van der Waals surface area (Å²) in [5.74, 6) is -1.12. The van der Waals surface area contributed by atoms with E-state index in [2.05, 4.69) is 4.99 Å². The fourth-order valence-corrected chi connectivity index (χ4v) is 0.443. The van der Waals surface area contributed by atoms with Gasteiger partial charge >= 0.3 is 0 Å². The molecular formula is C5H4N2O2. The third-order valence-corrected chi connectivity index (χ3v) is 0.860. The molecular weight excluding hydrogens is 120 g/mol. The Balaban J connectivity index is 2.95. The van der Waals surface area contributed by atoms with Crippen molar-refractivity contribution in [3.8, 4) is 0 Å². The van der Waals surface area contributed by atoms with Crippen molar-refractivity contribution in [2.45, 2.75) is 0 Å². The van der Waals surface area contributed by atoms with Gasteiger partial charge in [-0.2, -0.15) is 4.99 Å². The lowest BCUT2D eigenvalue weighted by atomic mass is 10.3. The standard InChI is InChI=1S/C5H4N2O2/c6-5-3(8)1-2-4(9)7-5/h1-2H,(H2,6,7,9). The molecule has 1 amide bonds. The molecule has 0 saturated carbocycles. The molecule has 0 radical (unpaired) electrons. The van der Waals surface area contributed by atoms with Gasteiger partial charge in [0.2, 0.25) is 5.78 Å². The zero-order chi connectivity index (χ0) is 6.85. The maximum atomic E-state index is 10.4. The topological polar surface area (TPSA) is 72.5 Å². The van der Waals surface area contributed by atoms with E-state index >= 15 is 0 Å². The molecule has 0 saturated heterocycles. The van der Waals surface area contributed by atoms with Gasteiger partial charge in [-0.05, 0) is 6.08 Å². The Bertz CT molecular complexity index is 227. The van der Waals surface area contributed by atoms with Crippen LogP contribution in [0.4, 0.5) is 0 Å². The minimum absolute atomic E-state index is 0.234. The summed E-state index contributed by atoms with van der Waals surface area (Å²) < 4.78 is 0. The van der Waals surface area contributed by atoms with Gasteiger partial charge in [-0.25, -0.2) is 0 Å². The van der Waals surface area contributed by atoms with E-state index in [4.69, 9.17) is 5.73 Å². The molecule has 0 bridgehead atoms. The fraction of sp³-hybridized carbons (Fsp3) is 0. The first-order valence-electron chi connectivity index (χ1n) is 2.30. The monoisotopic (exact) mass is 124 g/mol. The number of amides is 1. The van der Waals surface area contributed by atoms with Crippen LogP contribution in [0.1, 0.15) is 0 Å². The molecule has 0 atom stereocenters. The van der Waals surface area contributed by atoms with E-state index in [1.807, 2.05) is 0 Å². The van der Waals surface area contributed by atoms with E-state index in [1.54, 1.807) is 0 Å². The molecule has 0 spiro atoms. The van der Waals surface area contributed by atoms with Crippen molar-refractivity contribution in [2.75, 3.05) is 0 Å². The molecule has 0 aromatic heterocycles. The van der Waals surface area contributed by atoms with E-state index < -0.39 is 11.7 Å². The van der Waals surface area contributed by atoms with Crippen LogP contribution in [-0.2, 0) is 9.59 Å². The van der Waals surface area contributed by atoms with Crippen LogP contribution in [0, 0.1) is 0 Å². The summed E-state index contributed by atoms with van der Waals surface area (Å²) in [4.78, 5) is 23.9. The SMILES string of the molecule is NC1=NC(=O)C=CC1=O. The summed E-state index contributed by atoms with van der Waals surface area (Å²) in [5, 5.41) is 0. The second kappa shape index (κ2) is 1.81. The van der Waals surface area contributed by atoms with Crippen molar-refractivity contribution >= 4 is 17.5 Å². The predicted molar refractivity (Wildman–Crippen MR) is 30.8 cm³/mol. The van der Waals surface area contributed by atoms with Crippen LogP contribution in [0.15, 0.2) is 17.1 Å². The van der Waals surface area contributed by atoms with Crippen LogP contribution in [0.5, 0.6) is 0 Å². The minimum Gasteiger partial charge on any atom is -0.380 e. The lowest BCUT2D eigenvalue weighted by molar-refractivity contribution is -0.115. The molecule has 0 aromatic rings. The zero-order valence-corrected chi connectivity index (χ0v) is 4.50.